The smallest absolute Gasteiger partial charge is 0.360 e. The minimum Gasteiger partial charge on any atom is -0.461 e. The van der Waals surface area contributed by atoms with E-state index in [0.29, 0.717) is 11.5 Å². The molecule has 0 unspecified atom stereocenters. The molecule has 0 saturated heterocycles. The van der Waals surface area contributed by atoms with Crippen LogP contribution in [0.2, 0.25) is 0 Å². The molecule has 0 N–H and O–H groups in total. The summed E-state index contributed by atoms with van der Waals surface area (Å²) >= 11 is 0. The van der Waals surface area contributed by atoms with Gasteiger partial charge in [0.25, 0.3) is 0 Å². The molecule has 3 rings (SSSR count). The first-order valence-electron chi connectivity index (χ1n) is 8.71. The van der Waals surface area contributed by atoms with Crippen LogP contribution in [0, 0.1) is 13.8 Å². The van der Waals surface area contributed by atoms with Crippen LogP contribution in [0.3, 0.4) is 0 Å². The van der Waals surface area contributed by atoms with Gasteiger partial charge in [-0.15, -0.1) is 10.2 Å². The third-order valence-corrected chi connectivity index (χ3v) is 4.24. The van der Waals surface area contributed by atoms with E-state index >= 15 is 0 Å². The van der Waals surface area contributed by atoms with E-state index in [-0.39, 0.29) is 12.3 Å². The second-order valence-corrected chi connectivity index (χ2v) is 6.03. The topological polar surface area (TPSA) is 68.3 Å². The molecule has 0 aliphatic rings. The molecule has 0 bridgehead atoms. The van der Waals surface area contributed by atoms with E-state index in [2.05, 4.69) is 22.1 Å². The summed E-state index contributed by atoms with van der Waals surface area (Å²) in [6.07, 6.45) is 2.68. The zero-order valence-electron chi connectivity index (χ0n) is 15.5. The molecule has 0 aliphatic heterocycles. The number of hydrogen-bond acceptors (Lipinski definition) is 5. The molecule has 0 atom stereocenters. The minimum absolute atomic E-state index is 0.177. The summed E-state index contributed by atoms with van der Waals surface area (Å²) in [5, 5.41) is 8.86. The van der Waals surface area contributed by atoms with Crippen LogP contribution in [0.1, 0.15) is 41.0 Å². The number of carbonyl (C=O) groups is 1. The lowest BCUT2D eigenvalue weighted by molar-refractivity contribution is 0.0521. The fraction of sp³-hybridized carbons (Fsp3) is 0.300. The van der Waals surface area contributed by atoms with E-state index < -0.39 is 5.97 Å². The van der Waals surface area contributed by atoms with Crippen molar-refractivity contribution in [1.82, 2.24) is 9.38 Å². The molecule has 0 saturated carbocycles. The highest BCUT2D eigenvalue weighted by Gasteiger charge is 2.21. The highest BCUT2D eigenvalue weighted by atomic mass is 16.5. The van der Waals surface area contributed by atoms with Crippen LogP contribution in [0.5, 0.6) is 0 Å². The lowest BCUT2D eigenvalue weighted by atomic mass is 10.1. The number of imidazole rings is 1. The fourth-order valence-corrected chi connectivity index (χ4v) is 2.87. The highest BCUT2D eigenvalue weighted by Crippen LogP contribution is 2.29. The number of carbonyl (C=O) groups excluding carboxylic acids is 1. The Bertz CT molecular complexity index is 989. The zero-order chi connectivity index (χ0) is 18.7. The zero-order valence-corrected chi connectivity index (χ0v) is 15.5. The van der Waals surface area contributed by atoms with Gasteiger partial charge in [-0.2, -0.15) is 0 Å². The molecular formula is C20H22N4O2. The highest BCUT2D eigenvalue weighted by molar-refractivity contribution is 5.93. The molecule has 134 valence electrons. The SMILES string of the molecule is CCOC(=O)c1nc2c(C)cccn2c1N=Nc1c(C)cccc1CC. The second-order valence-electron chi connectivity index (χ2n) is 6.03. The Hall–Kier alpha value is -3.02. The molecule has 0 spiro atoms. The van der Waals surface area contributed by atoms with Gasteiger partial charge in [0.1, 0.15) is 5.65 Å². The first-order valence-corrected chi connectivity index (χ1v) is 8.71. The summed E-state index contributed by atoms with van der Waals surface area (Å²) in [6, 6.07) is 9.87. The van der Waals surface area contributed by atoms with Crippen molar-refractivity contribution in [3.63, 3.8) is 0 Å². The van der Waals surface area contributed by atoms with Gasteiger partial charge >= 0.3 is 5.97 Å². The van der Waals surface area contributed by atoms with Gasteiger partial charge in [-0.25, -0.2) is 9.78 Å². The molecule has 0 fully saturated rings. The van der Waals surface area contributed by atoms with E-state index in [9.17, 15) is 4.79 Å². The number of fused-ring (bicyclic) bond motifs is 1. The number of aryl methyl sites for hydroxylation is 3. The lowest BCUT2D eigenvalue weighted by Crippen LogP contribution is -2.05. The number of benzene rings is 1. The van der Waals surface area contributed by atoms with Gasteiger partial charge in [-0.1, -0.05) is 31.2 Å². The molecule has 0 amide bonds. The van der Waals surface area contributed by atoms with Crippen molar-refractivity contribution in [2.45, 2.75) is 34.1 Å². The fourth-order valence-electron chi connectivity index (χ4n) is 2.87. The summed E-state index contributed by atoms with van der Waals surface area (Å²) in [7, 11) is 0. The molecule has 6 nitrogen and oxygen atoms in total. The van der Waals surface area contributed by atoms with Crippen LogP contribution in [0.25, 0.3) is 5.65 Å². The monoisotopic (exact) mass is 350 g/mol. The van der Waals surface area contributed by atoms with E-state index in [1.54, 1.807) is 11.3 Å². The van der Waals surface area contributed by atoms with E-state index in [0.717, 1.165) is 28.8 Å². The average Bonchev–Trinajstić information content (AvgIpc) is 3.01. The molecule has 6 heteroatoms. The van der Waals surface area contributed by atoms with Crippen molar-refractivity contribution in [2.24, 2.45) is 10.2 Å². The third kappa shape index (κ3) is 3.22. The number of aromatic nitrogens is 2. The molecule has 26 heavy (non-hydrogen) atoms. The quantitative estimate of drug-likeness (QED) is 0.474. The Morgan fingerprint density at radius 2 is 1.88 bits per heavy atom. The summed E-state index contributed by atoms with van der Waals surface area (Å²) in [5.41, 5.74) is 4.77. The number of azo groups is 1. The molecule has 1 aromatic carbocycles. The van der Waals surface area contributed by atoms with E-state index in [1.165, 1.54) is 0 Å². The number of pyridine rings is 1. The van der Waals surface area contributed by atoms with Gasteiger partial charge in [-0.05, 0) is 49.9 Å². The van der Waals surface area contributed by atoms with Crippen LogP contribution in [-0.4, -0.2) is 22.0 Å². The predicted molar refractivity (Wildman–Crippen MR) is 101 cm³/mol. The van der Waals surface area contributed by atoms with Gasteiger partial charge in [0.15, 0.2) is 11.5 Å². The van der Waals surface area contributed by atoms with Crippen LogP contribution in [-0.2, 0) is 11.2 Å². The van der Waals surface area contributed by atoms with Crippen LogP contribution in [0.4, 0.5) is 11.5 Å². The Labute approximate surface area is 152 Å². The Kier molecular flexibility index (Phi) is 5.11. The summed E-state index contributed by atoms with van der Waals surface area (Å²) < 4.78 is 6.92. The van der Waals surface area contributed by atoms with Gasteiger partial charge in [-0.3, -0.25) is 4.40 Å². The number of hydrogen-bond donors (Lipinski definition) is 0. The molecule has 2 aromatic heterocycles. The van der Waals surface area contributed by atoms with E-state index in [1.807, 2.05) is 50.4 Å². The maximum atomic E-state index is 12.3. The maximum absolute atomic E-state index is 12.3. The normalized spacial score (nSPS) is 11.4. The Morgan fingerprint density at radius 1 is 1.12 bits per heavy atom. The Balaban J connectivity index is 2.16. The summed E-state index contributed by atoms with van der Waals surface area (Å²) in [5.74, 6) is -0.113. The minimum atomic E-state index is -0.495. The van der Waals surface area contributed by atoms with Gasteiger partial charge in [0, 0.05) is 6.20 Å². The van der Waals surface area contributed by atoms with Gasteiger partial charge < -0.3 is 4.74 Å². The van der Waals surface area contributed by atoms with Crippen LogP contribution < -0.4 is 0 Å². The predicted octanol–water partition coefficient (Wildman–Crippen LogP) is 5.11. The second kappa shape index (κ2) is 7.47. The number of nitrogens with zero attached hydrogens (tertiary/aromatic N) is 4. The number of ether oxygens (including phenoxy) is 1. The molecular weight excluding hydrogens is 328 g/mol. The standard InChI is InChI=1S/C20H22N4O2/c1-5-15-11-7-9-13(3)16(15)22-23-19-17(20(25)26-6-2)21-18-14(4)10-8-12-24(18)19/h7-12H,5-6H2,1-4H3. The first-order chi connectivity index (χ1) is 12.6. The van der Waals surface area contributed by atoms with Crippen molar-refractivity contribution < 1.29 is 9.53 Å². The average molecular weight is 350 g/mol. The van der Waals surface area contributed by atoms with Crippen LogP contribution >= 0.6 is 0 Å². The largest absolute Gasteiger partial charge is 0.461 e. The summed E-state index contributed by atoms with van der Waals surface area (Å²) in [6.45, 7) is 8.06. The third-order valence-electron chi connectivity index (χ3n) is 4.24. The summed E-state index contributed by atoms with van der Waals surface area (Å²) in [4.78, 5) is 16.8. The Morgan fingerprint density at radius 3 is 2.62 bits per heavy atom. The van der Waals surface area contributed by atoms with Crippen molar-refractivity contribution in [1.29, 1.82) is 0 Å². The molecule has 0 aliphatic carbocycles. The van der Waals surface area contributed by atoms with Gasteiger partial charge in [0.2, 0.25) is 0 Å². The van der Waals surface area contributed by atoms with Crippen molar-refractivity contribution in [3.05, 3.63) is 58.9 Å². The molecule has 3 aromatic rings. The maximum Gasteiger partial charge on any atom is 0.360 e. The van der Waals surface area contributed by atoms with E-state index in [4.69, 9.17) is 4.74 Å². The number of esters is 1. The lowest BCUT2D eigenvalue weighted by Gasteiger charge is -2.05. The molecule has 2 heterocycles. The molecule has 0 radical (unpaired) electrons. The van der Waals surface area contributed by atoms with Crippen molar-refractivity contribution in [3.8, 4) is 0 Å². The first kappa shape index (κ1) is 17.8. The van der Waals surface area contributed by atoms with Gasteiger partial charge in [0.05, 0.1) is 12.3 Å². The van der Waals surface area contributed by atoms with Crippen LogP contribution in [0.15, 0.2) is 46.8 Å². The van der Waals surface area contributed by atoms with Crippen molar-refractivity contribution in [2.75, 3.05) is 6.61 Å². The van der Waals surface area contributed by atoms with Crippen molar-refractivity contribution >= 4 is 23.1 Å². The number of rotatable bonds is 5.